The average molecular weight is 250 g/mol. The van der Waals surface area contributed by atoms with E-state index in [1.165, 1.54) is 0 Å². The predicted molar refractivity (Wildman–Crippen MR) is 72.0 cm³/mol. The lowest BCUT2D eigenvalue weighted by Crippen LogP contribution is -2.47. The normalized spacial score (nSPS) is 13.9. The van der Waals surface area contributed by atoms with E-state index in [4.69, 9.17) is 5.73 Å². The van der Waals surface area contributed by atoms with Crippen LogP contribution >= 0.6 is 0 Å². The van der Waals surface area contributed by atoms with Crippen molar-refractivity contribution in [2.24, 2.45) is 5.73 Å². The number of aliphatic hydroxyl groups is 1. The van der Waals surface area contributed by atoms with Gasteiger partial charge in [0.05, 0.1) is 0 Å². The molecule has 0 aliphatic rings. The highest BCUT2D eigenvalue weighted by Crippen LogP contribution is 2.04. The summed E-state index contributed by atoms with van der Waals surface area (Å²) in [6.45, 7) is 2.63. The van der Waals surface area contributed by atoms with Crippen molar-refractivity contribution in [3.8, 4) is 0 Å². The molecule has 4 N–H and O–H groups in total. The van der Waals surface area contributed by atoms with Crippen LogP contribution in [0.1, 0.15) is 25.3 Å². The largest absolute Gasteiger partial charge is 0.382 e. The van der Waals surface area contributed by atoms with E-state index >= 15 is 0 Å². The third-order valence-electron chi connectivity index (χ3n) is 2.82. The number of rotatable bonds is 7. The van der Waals surface area contributed by atoms with Gasteiger partial charge in [-0.25, -0.2) is 0 Å². The molecule has 1 unspecified atom stereocenters. The fraction of sp³-hybridized carbons (Fsp3) is 0.500. The zero-order valence-electron chi connectivity index (χ0n) is 10.8. The average Bonchev–Trinajstić information content (AvgIpc) is 2.39. The molecule has 0 bridgehead atoms. The molecule has 0 saturated heterocycles. The number of hydrogen-bond acceptors (Lipinski definition) is 3. The van der Waals surface area contributed by atoms with Crippen molar-refractivity contribution in [3.63, 3.8) is 0 Å². The quantitative estimate of drug-likeness (QED) is 0.628. The molecule has 0 aliphatic heterocycles. The second-order valence-electron chi connectivity index (χ2n) is 4.44. The molecule has 0 aliphatic carbocycles. The highest BCUT2D eigenvalue weighted by atomic mass is 16.3. The Morgan fingerprint density at radius 2 is 2.06 bits per heavy atom. The van der Waals surface area contributed by atoms with E-state index in [9.17, 15) is 9.90 Å². The highest BCUT2D eigenvalue weighted by Gasteiger charge is 2.22. The summed E-state index contributed by atoms with van der Waals surface area (Å²) < 4.78 is 0. The third kappa shape index (κ3) is 4.85. The fourth-order valence-electron chi connectivity index (χ4n) is 1.69. The van der Waals surface area contributed by atoms with Crippen molar-refractivity contribution < 1.29 is 9.90 Å². The van der Waals surface area contributed by atoms with Gasteiger partial charge in [-0.05, 0) is 18.4 Å². The minimum atomic E-state index is -1.15. The molecule has 2 atom stereocenters. The van der Waals surface area contributed by atoms with Gasteiger partial charge in [-0.15, -0.1) is 0 Å². The number of unbranched alkanes of at least 4 members (excludes halogenated alkanes) is 1. The monoisotopic (exact) mass is 250 g/mol. The molecule has 0 fully saturated rings. The first kappa shape index (κ1) is 14.7. The lowest BCUT2D eigenvalue weighted by molar-refractivity contribution is -0.130. The van der Waals surface area contributed by atoms with E-state index in [0.29, 0.717) is 13.0 Å². The van der Waals surface area contributed by atoms with Crippen LogP contribution in [0.15, 0.2) is 30.3 Å². The summed E-state index contributed by atoms with van der Waals surface area (Å²) in [7, 11) is 0. The van der Waals surface area contributed by atoms with Crippen LogP contribution in [0.25, 0.3) is 0 Å². The first-order valence-electron chi connectivity index (χ1n) is 6.40. The zero-order chi connectivity index (χ0) is 13.4. The van der Waals surface area contributed by atoms with Crippen molar-refractivity contribution in [2.45, 2.75) is 38.3 Å². The second kappa shape index (κ2) is 7.84. The Bertz CT molecular complexity index is 354. The van der Waals surface area contributed by atoms with Crippen LogP contribution in [0.4, 0.5) is 0 Å². The molecule has 1 rings (SSSR count). The Kier molecular flexibility index (Phi) is 6.39. The molecular weight excluding hydrogens is 228 g/mol. The second-order valence-corrected chi connectivity index (χ2v) is 4.44. The molecule has 0 radical (unpaired) electrons. The van der Waals surface area contributed by atoms with E-state index in [0.717, 1.165) is 18.4 Å². The summed E-state index contributed by atoms with van der Waals surface area (Å²) in [4.78, 5) is 11.6. The molecule has 1 aromatic carbocycles. The fourth-order valence-corrected chi connectivity index (χ4v) is 1.69. The summed E-state index contributed by atoms with van der Waals surface area (Å²) in [6, 6.07) is 9.03. The van der Waals surface area contributed by atoms with Crippen LogP contribution in [-0.4, -0.2) is 29.7 Å². The van der Waals surface area contributed by atoms with Gasteiger partial charge in [-0.1, -0.05) is 43.7 Å². The summed E-state index contributed by atoms with van der Waals surface area (Å²) in [5.74, 6) is -0.383. The number of amides is 1. The smallest absolute Gasteiger partial charge is 0.250 e. The Morgan fingerprint density at radius 1 is 1.39 bits per heavy atom. The van der Waals surface area contributed by atoms with E-state index in [1.54, 1.807) is 0 Å². The molecule has 18 heavy (non-hydrogen) atoms. The summed E-state index contributed by atoms with van der Waals surface area (Å²) in [6.07, 6.45) is 1.25. The van der Waals surface area contributed by atoms with Crippen molar-refractivity contribution in [2.75, 3.05) is 6.54 Å². The van der Waals surface area contributed by atoms with E-state index in [2.05, 4.69) is 5.32 Å². The van der Waals surface area contributed by atoms with Crippen molar-refractivity contribution in [1.82, 2.24) is 5.32 Å². The van der Waals surface area contributed by atoms with Gasteiger partial charge < -0.3 is 16.2 Å². The Hall–Kier alpha value is -1.39. The maximum atomic E-state index is 11.6. The minimum absolute atomic E-state index is 0.383. The van der Waals surface area contributed by atoms with Gasteiger partial charge in [0, 0.05) is 12.6 Å². The van der Waals surface area contributed by atoms with Gasteiger partial charge in [0.15, 0.2) is 0 Å². The van der Waals surface area contributed by atoms with Crippen molar-refractivity contribution in [1.29, 1.82) is 0 Å². The minimum Gasteiger partial charge on any atom is -0.382 e. The van der Waals surface area contributed by atoms with Gasteiger partial charge >= 0.3 is 0 Å². The number of aliphatic hydroxyl groups excluding tert-OH is 1. The molecule has 0 spiro atoms. The van der Waals surface area contributed by atoms with Gasteiger partial charge in [0.25, 0.3) is 0 Å². The first-order chi connectivity index (χ1) is 8.65. The van der Waals surface area contributed by atoms with Crippen LogP contribution in [0.5, 0.6) is 0 Å². The highest BCUT2D eigenvalue weighted by molar-refractivity contribution is 5.81. The first-order valence-corrected chi connectivity index (χ1v) is 6.40. The number of nitrogens with two attached hydrogens (primary N) is 1. The maximum absolute atomic E-state index is 11.6. The van der Waals surface area contributed by atoms with Crippen LogP contribution in [0.3, 0.4) is 0 Å². The van der Waals surface area contributed by atoms with Gasteiger partial charge in [0.2, 0.25) is 5.91 Å². The number of carbonyl (C=O) groups is 1. The molecule has 100 valence electrons. The van der Waals surface area contributed by atoms with Crippen molar-refractivity contribution >= 4 is 5.91 Å². The standard InChI is InChI=1S/C14H22N2O2/c1-2-3-9-16-14(18)13(17)12(15)10-11-7-5-4-6-8-11/h4-8,12-13,17H,2-3,9-10,15H2,1H3,(H,16,18)/t12-,13?/m0/s1. The molecule has 1 amide bonds. The lowest BCUT2D eigenvalue weighted by atomic mass is 10.0. The molecule has 0 heterocycles. The van der Waals surface area contributed by atoms with Gasteiger partial charge in [-0.2, -0.15) is 0 Å². The Balaban J connectivity index is 2.40. The number of hydrogen-bond donors (Lipinski definition) is 3. The van der Waals surface area contributed by atoms with Crippen LogP contribution in [0.2, 0.25) is 0 Å². The summed E-state index contributed by atoms with van der Waals surface area (Å²) >= 11 is 0. The van der Waals surface area contributed by atoms with E-state index in [-0.39, 0.29) is 5.91 Å². The topological polar surface area (TPSA) is 75.3 Å². The Morgan fingerprint density at radius 3 is 2.67 bits per heavy atom. The number of carbonyl (C=O) groups excluding carboxylic acids is 1. The number of benzene rings is 1. The van der Waals surface area contributed by atoms with Crippen LogP contribution < -0.4 is 11.1 Å². The molecule has 1 aromatic rings. The molecule has 4 nitrogen and oxygen atoms in total. The Labute approximate surface area is 108 Å². The van der Waals surface area contributed by atoms with Crippen molar-refractivity contribution in [3.05, 3.63) is 35.9 Å². The summed E-state index contributed by atoms with van der Waals surface area (Å²) in [5.41, 5.74) is 6.86. The van der Waals surface area contributed by atoms with Crippen LogP contribution in [-0.2, 0) is 11.2 Å². The summed E-state index contributed by atoms with van der Waals surface area (Å²) in [5, 5.41) is 12.5. The van der Waals surface area contributed by atoms with E-state index in [1.807, 2.05) is 37.3 Å². The van der Waals surface area contributed by atoms with Gasteiger partial charge in [-0.3, -0.25) is 4.79 Å². The molecular formula is C14H22N2O2. The number of nitrogens with one attached hydrogen (secondary N) is 1. The van der Waals surface area contributed by atoms with Crippen LogP contribution in [0, 0.1) is 0 Å². The predicted octanol–water partition coefficient (Wildman–Crippen LogP) is 0.834. The molecule has 0 aromatic heterocycles. The molecule has 0 saturated carbocycles. The zero-order valence-corrected chi connectivity index (χ0v) is 10.8. The molecule has 4 heteroatoms. The lowest BCUT2D eigenvalue weighted by Gasteiger charge is -2.18. The van der Waals surface area contributed by atoms with Gasteiger partial charge in [0.1, 0.15) is 6.10 Å². The maximum Gasteiger partial charge on any atom is 0.250 e. The third-order valence-corrected chi connectivity index (χ3v) is 2.82. The van der Waals surface area contributed by atoms with E-state index < -0.39 is 12.1 Å². The SMILES string of the molecule is CCCCNC(=O)C(O)[C@@H](N)Cc1ccccc1.